The van der Waals surface area contributed by atoms with Crippen LogP contribution in [0.5, 0.6) is 0 Å². The summed E-state index contributed by atoms with van der Waals surface area (Å²) in [7, 11) is 0. The molecule has 0 amide bonds. The number of aliphatic hydroxyl groups excluding tert-OH is 1. The topological polar surface area (TPSA) is 62.4 Å². The zero-order chi connectivity index (χ0) is 14.8. The molecule has 112 valence electrons. The van der Waals surface area contributed by atoms with Crippen LogP contribution in [-0.4, -0.2) is 39.4 Å². The molecule has 21 heavy (non-hydrogen) atoms. The van der Waals surface area contributed by atoms with E-state index >= 15 is 0 Å². The number of likely N-dealkylation sites (tertiary alicyclic amines) is 1. The minimum absolute atomic E-state index is 0.159. The highest BCUT2D eigenvalue weighted by molar-refractivity contribution is 6.33. The Kier molecular flexibility index (Phi) is 4.24. The molecule has 1 fully saturated rings. The van der Waals surface area contributed by atoms with Gasteiger partial charge in [0.05, 0.1) is 23.7 Å². The summed E-state index contributed by atoms with van der Waals surface area (Å²) >= 11 is 6.13. The number of aromatic nitrogens is 2. The standard InChI is InChI=1S/C15H18ClN3O2/c1-10-6-7-19(13(10)9-20)8-14-17-18-15(21-14)11-4-2-3-5-12(11)16/h2-5,10,13,20H,6-9H2,1H3. The maximum absolute atomic E-state index is 9.48. The summed E-state index contributed by atoms with van der Waals surface area (Å²) in [6, 6.07) is 7.56. The highest BCUT2D eigenvalue weighted by atomic mass is 35.5. The summed E-state index contributed by atoms with van der Waals surface area (Å²) in [6.07, 6.45) is 1.08. The van der Waals surface area contributed by atoms with E-state index < -0.39 is 0 Å². The number of aliphatic hydroxyl groups is 1. The Morgan fingerprint density at radius 3 is 2.95 bits per heavy atom. The van der Waals surface area contributed by atoms with Gasteiger partial charge in [0.1, 0.15) is 0 Å². The summed E-state index contributed by atoms with van der Waals surface area (Å²) in [6.45, 7) is 3.82. The van der Waals surface area contributed by atoms with E-state index in [4.69, 9.17) is 16.0 Å². The molecule has 1 N–H and O–H groups in total. The molecule has 0 bridgehead atoms. The van der Waals surface area contributed by atoms with Crippen molar-refractivity contribution in [1.82, 2.24) is 15.1 Å². The van der Waals surface area contributed by atoms with E-state index in [1.54, 1.807) is 6.07 Å². The van der Waals surface area contributed by atoms with E-state index in [-0.39, 0.29) is 12.6 Å². The maximum atomic E-state index is 9.48. The lowest BCUT2D eigenvalue weighted by atomic mass is 10.0. The fourth-order valence-electron chi connectivity index (χ4n) is 2.81. The van der Waals surface area contributed by atoms with Crippen LogP contribution >= 0.6 is 11.6 Å². The highest BCUT2D eigenvalue weighted by Crippen LogP contribution is 2.28. The first-order chi connectivity index (χ1) is 10.2. The van der Waals surface area contributed by atoms with Crippen LogP contribution in [0.15, 0.2) is 28.7 Å². The number of nitrogens with zero attached hydrogens (tertiary/aromatic N) is 3. The van der Waals surface area contributed by atoms with Crippen LogP contribution in [0.4, 0.5) is 0 Å². The van der Waals surface area contributed by atoms with E-state index in [9.17, 15) is 5.11 Å². The molecule has 1 aromatic carbocycles. The fraction of sp³-hybridized carbons (Fsp3) is 0.467. The molecule has 2 atom stereocenters. The number of benzene rings is 1. The zero-order valence-electron chi connectivity index (χ0n) is 11.9. The summed E-state index contributed by atoms with van der Waals surface area (Å²) < 4.78 is 5.71. The molecule has 1 aliphatic heterocycles. The van der Waals surface area contributed by atoms with Crippen LogP contribution in [-0.2, 0) is 6.54 Å². The average Bonchev–Trinajstić information content (AvgIpc) is 3.07. The predicted molar refractivity (Wildman–Crippen MR) is 79.8 cm³/mol. The molecule has 1 saturated heterocycles. The normalized spacial score (nSPS) is 22.8. The molecule has 2 unspecified atom stereocenters. The number of halogens is 1. The molecular formula is C15H18ClN3O2. The van der Waals surface area contributed by atoms with Gasteiger partial charge in [-0.2, -0.15) is 0 Å². The third-order valence-electron chi connectivity index (χ3n) is 4.09. The third-order valence-corrected chi connectivity index (χ3v) is 4.42. The van der Waals surface area contributed by atoms with Gasteiger partial charge in [0.25, 0.3) is 0 Å². The number of hydrogen-bond donors (Lipinski definition) is 1. The maximum Gasteiger partial charge on any atom is 0.249 e. The Balaban J connectivity index is 1.76. The zero-order valence-corrected chi connectivity index (χ0v) is 12.6. The molecule has 2 heterocycles. The van der Waals surface area contributed by atoms with E-state index in [2.05, 4.69) is 22.0 Å². The minimum Gasteiger partial charge on any atom is -0.419 e. The van der Waals surface area contributed by atoms with Gasteiger partial charge in [-0.1, -0.05) is 30.7 Å². The summed E-state index contributed by atoms with van der Waals surface area (Å²) in [5, 5.41) is 18.2. The van der Waals surface area contributed by atoms with Crippen molar-refractivity contribution in [2.24, 2.45) is 5.92 Å². The van der Waals surface area contributed by atoms with Crippen molar-refractivity contribution in [2.75, 3.05) is 13.2 Å². The lowest BCUT2D eigenvalue weighted by Gasteiger charge is -2.23. The van der Waals surface area contributed by atoms with Gasteiger partial charge in [-0.25, -0.2) is 0 Å². The first-order valence-corrected chi connectivity index (χ1v) is 7.49. The smallest absolute Gasteiger partial charge is 0.249 e. The first kappa shape index (κ1) is 14.5. The molecule has 0 saturated carbocycles. The van der Waals surface area contributed by atoms with Crippen molar-refractivity contribution < 1.29 is 9.52 Å². The van der Waals surface area contributed by atoms with Gasteiger partial charge in [-0.15, -0.1) is 10.2 Å². The van der Waals surface area contributed by atoms with Gasteiger partial charge in [0.15, 0.2) is 0 Å². The van der Waals surface area contributed by atoms with Gasteiger partial charge in [-0.05, 0) is 31.0 Å². The molecule has 6 heteroatoms. The van der Waals surface area contributed by atoms with E-state index in [1.807, 2.05) is 18.2 Å². The molecule has 3 rings (SSSR count). The number of hydrogen-bond acceptors (Lipinski definition) is 5. The molecule has 1 aliphatic rings. The first-order valence-electron chi connectivity index (χ1n) is 7.11. The van der Waals surface area contributed by atoms with Crippen molar-refractivity contribution in [3.8, 4) is 11.5 Å². The molecule has 0 aliphatic carbocycles. The van der Waals surface area contributed by atoms with Crippen LogP contribution in [0.1, 0.15) is 19.2 Å². The molecule has 2 aromatic rings. The minimum atomic E-state index is 0.159. The molecular weight excluding hydrogens is 290 g/mol. The summed E-state index contributed by atoms with van der Waals surface area (Å²) in [4.78, 5) is 2.19. The van der Waals surface area contributed by atoms with Gasteiger partial charge >= 0.3 is 0 Å². The number of rotatable bonds is 4. The molecule has 0 spiro atoms. The SMILES string of the molecule is CC1CCN(Cc2nnc(-c3ccccc3Cl)o2)C1CO. The van der Waals surface area contributed by atoms with E-state index in [1.165, 1.54) is 0 Å². The van der Waals surface area contributed by atoms with Crippen molar-refractivity contribution in [1.29, 1.82) is 0 Å². The summed E-state index contributed by atoms with van der Waals surface area (Å²) in [5.74, 6) is 1.47. The van der Waals surface area contributed by atoms with Crippen LogP contribution in [0, 0.1) is 5.92 Å². The lowest BCUT2D eigenvalue weighted by Crippen LogP contribution is -2.34. The fourth-order valence-corrected chi connectivity index (χ4v) is 3.03. The Morgan fingerprint density at radius 2 is 2.19 bits per heavy atom. The van der Waals surface area contributed by atoms with Crippen molar-refractivity contribution in [2.45, 2.75) is 25.9 Å². The average molecular weight is 308 g/mol. The Bertz CT molecular complexity index is 616. The second-order valence-corrected chi connectivity index (χ2v) is 5.87. The van der Waals surface area contributed by atoms with Crippen LogP contribution in [0.2, 0.25) is 5.02 Å². The molecule has 0 radical (unpaired) electrons. The monoisotopic (exact) mass is 307 g/mol. The van der Waals surface area contributed by atoms with Gasteiger partial charge < -0.3 is 9.52 Å². The summed E-state index contributed by atoms with van der Waals surface area (Å²) in [5.41, 5.74) is 0.742. The van der Waals surface area contributed by atoms with Crippen molar-refractivity contribution in [3.05, 3.63) is 35.2 Å². The molecule has 5 nitrogen and oxygen atoms in total. The van der Waals surface area contributed by atoms with Crippen LogP contribution in [0.25, 0.3) is 11.5 Å². The second-order valence-electron chi connectivity index (χ2n) is 5.47. The van der Waals surface area contributed by atoms with Gasteiger partial charge in [-0.3, -0.25) is 4.90 Å². The van der Waals surface area contributed by atoms with Gasteiger partial charge in [0, 0.05) is 6.04 Å². The predicted octanol–water partition coefficient (Wildman–Crippen LogP) is 2.59. The largest absolute Gasteiger partial charge is 0.419 e. The second kappa shape index (κ2) is 6.13. The highest BCUT2D eigenvalue weighted by Gasteiger charge is 2.31. The molecule has 1 aromatic heterocycles. The van der Waals surface area contributed by atoms with Gasteiger partial charge in [0.2, 0.25) is 11.8 Å². The van der Waals surface area contributed by atoms with Crippen LogP contribution < -0.4 is 0 Å². The third kappa shape index (κ3) is 2.95. The van der Waals surface area contributed by atoms with E-state index in [0.717, 1.165) is 18.5 Å². The van der Waals surface area contributed by atoms with Crippen molar-refractivity contribution in [3.63, 3.8) is 0 Å². The lowest BCUT2D eigenvalue weighted by molar-refractivity contribution is 0.126. The Morgan fingerprint density at radius 1 is 1.38 bits per heavy atom. The van der Waals surface area contributed by atoms with E-state index in [0.29, 0.717) is 29.3 Å². The van der Waals surface area contributed by atoms with Crippen molar-refractivity contribution >= 4 is 11.6 Å². The quantitative estimate of drug-likeness (QED) is 0.940. The Hall–Kier alpha value is -1.43. The van der Waals surface area contributed by atoms with Crippen LogP contribution in [0.3, 0.4) is 0 Å². The Labute approximate surface area is 128 Å².